The third-order valence-corrected chi connectivity index (χ3v) is 4.10. The van der Waals surface area contributed by atoms with E-state index in [1.807, 2.05) is 30.6 Å². The second kappa shape index (κ2) is 5.21. The number of aromatic nitrogens is 1. The lowest BCUT2D eigenvalue weighted by Crippen LogP contribution is -2.07. The van der Waals surface area contributed by atoms with Gasteiger partial charge in [0.05, 0.1) is 16.3 Å². The molecule has 1 aromatic carbocycles. The summed E-state index contributed by atoms with van der Waals surface area (Å²) >= 11 is 1.68. The molecule has 1 atom stereocenters. The van der Waals surface area contributed by atoms with Gasteiger partial charge in [-0.05, 0) is 60.7 Å². The Morgan fingerprint density at radius 2 is 2.10 bits per heavy atom. The lowest BCUT2D eigenvalue weighted by atomic mass is 10.1. The van der Waals surface area contributed by atoms with Gasteiger partial charge in [-0.25, -0.2) is 4.39 Å². The first-order valence-corrected chi connectivity index (χ1v) is 7.37. The van der Waals surface area contributed by atoms with Gasteiger partial charge in [-0.15, -0.1) is 11.3 Å². The molecule has 0 aliphatic rings. The first-order chi connectivity index (χ1) is 9.61. The van der Waals surface area contributed by atoms with Crippen LogP contribution in [0.15, 0.2) is 41.9 Å². The van der Waals surface area contributed by atoms with Crippen molar-refractivity contribution in [1.82, 2.24) is 4.98 Å². The molecule has 2 aromatic heterocycles. The number of fused-ring (bicyclic) bond motifs is 1. The quantitative estimate of drug-likeness (QED) is 0.739. The number of hydrogen-bond acceptors (Lipinski definition) is 3. The predicted molar refractivity (Wildman–Crippen MR) is 82.8 cm³/mol. The fourth-order valence-corrected chi connectivity index (χ4v) is 3.04. The zero-order chi connectivity index (χ0) is 14.1. The molecular weight excluding hydrogens is 271 g/mol. The molecule has 1 unspecified atom stereocenters. The van der Waals surface area contributed by atoms with Crippen molar-refractivity contribution in [2.45, 2.75) is 19.9 Å². The lowest BCUT2D eigenvalue weighted by Gasteiger charge is -2.16. The molecule has 0 aliphatic carbocycles. The van der Waals surface area contributed by atoms with Crippen molar-refractivity contribution in [3.8, 4) is 0 Å². The average molecular weight is 286 g/mol. The zero-order valence-electron chi connectivity index (χ0n) is 11.4. The first kappa shape index (κ1) is 13.1. The van der Waals surface area contributed by atoms with E-state index in [4.69, 9.17) is 0 Å². The van der Waals surface area contributed by atoms with Gasteiger partial charge in [-0.1, -0.05) is 0 Å². The van der Waals surface area contributed by atoms with Gasteiger partial charge in [0.15, 0.2) is 0 Å². The summed E-state index contributed by atoms with van der Waals surface area (Å²) in [5.41, 5.74) is 3.82. The van der Waals surface area contributed by atoms with Crippen LogP contribution in [0.25, 0.3) is 10.2 Å². The maximum atomic E-state index is 13.4. The second-order valence-electron chi connectivity index (χ2n) is 4.96. The molecule has 3 aromatic rings. The van der Waals surface area contributed by atoms with Gasteiger partial charge in [0.25, 0.3) is 0 Å². The van der Waals surface area contributed by atoms with Crippen molar-refractivity contribution in [3.05, 3.63) is 58.9 Å². The topological polar surface area (TPSA) is 24.9 Å². The number of benzene rings is 1. The summed E-state index contributed by atoms with van der Waals surface area (Å²) in [6.45, 7) is 3.94. The van der Waals surface area contributed by atoms with Gasteiger partial charge in [0.2, 0.25) is 0 Å². The van der Waals surface area contributed by atoms with Crippen molar-refractivity contribution in [3.63, 3.8) is 0 Å². The Hall–Kier alpha value is -1.94. The molecule has 0 fully saturated rings. The Morgan fingerprint density at radius 1 is 1.25 bits per heavy atom. The second-order valence-corrected chi connectivity index (χ2v) is 5.90. The van der Waals surface area contributed by atoms with Crippen LogP contribution in [-0.2, 0) is 0 Å². The van der Waals surface area contributed by atoms with Gasteiger partial charge >= 0.3 is 0 Å². The maximum Gasteiger partial charge on any atom is 0.125 e. The van der Waals surface area contributed by atoms with E-state index >= 15 is 0 Å². The monoisotopic (exact) mass is 286 g/mol. The Morgan fingerprint density at radius 3 is 2.90 bits per heavy atom. The molecule has 0 bridgehead atoms. The normalized spacial score (nSPS) is 12.6. The summed E-state index contributed by atoms with van der Waals surface area (Å²) in [7, 11) is 0. The predicted octanol–water partition coefficient (Wildman–Crippen LogP) is 4.92. The maximum absolute atomic E-state index is 13.4. The number of anilines is 1. The number of nitrogens with one attached hydrogen (secondary N) is 1. The van der Waals surface area contributed by atoms with E-state index in [2.05, 4.69) is 23.3 Å². The Kier molecular flexibility index (Phi) is 3.40. The highest BCUT2D eigenvalue weighted by Gasteiger charge is 2.08. The van der Waals surface area contributed by atoms with Crippen LogP contribution in [0.1, 0.15) is 24.1 Å². The molecule has 2 nitrogen and oxygen atoms in total. The van der Waals surface area contributed by atoms with E-state index in [1.54, 1.807) is 11.3 Å². The highest BCUT2D eigenvalue weighted by atomic mass is 32.1. The molecule has 3 rings (SSSR count). The summed E-state index contributed by atoms with van der Waals surface area (Å²) in [6, 6.07) is 9.20. The SMILES string of the molecule is Cc1cc(F)cc(NC(C)c2cnc3ccsc3c2)c1. The molecule has 0 radical (unpaired) electrons. The third kappa shape index (κ3) is 2.65. The van der Waals surface area contributed by atoms with E-state index in [0.29, 0.717) is 0 Å². The average Bonchev–Trinajstić information content (AvgIpc) is 2.84. The van der Waals surface area contributed by atoms with Crippen molar-refractivity contribution in [1.29, 1.82) is 0 Å². The summed E-state index contributed by atoms with van der Waals surface area (Å²) < 4.78 is 14.6. The van der Waals surface area contributed by atoms with E-state index < -0.39 is 0 Å². The first-order valence-electron chi connectivity index (χ1n) is 6.49. The van der Waals surface area contributed by atoms with Crippen LogP contribution in [0.2, 0.25) is 0 Å². The molecule has 0 saturated heterocycles. The fraction of sp³-hybridized carbons (Fsp3) is 0.188. The molecule has 4 heteroatoms. The fourth-order valence-electron chi connectivity index (χ4n) is 2.25. The number of nitrogens with zero attached hydrogens (tertiary/aromatic N) is 1. The molecule has 1 N–H and O–H groups in total. The van der Waals surface area contributed by atoms with E-state index in [-0.39, 0.29) is 11.9 Å². The third-order valence-electron chi connectivity index (χ3n) is 3.25. The summed E-state index contributed by atoms with van der Waals surface area (Å²) in [5, 5.41) is 5.36. The van der Waals surface area contributed by atoms with E-state index in [1.165, 1.54) is 16.8 Å². The van der Waals surface area contributed by atoms with Crippen molar-refractivity contribution < 1.29 is 4.39 Å². The minimum absolute atomic E-state index is 0.0789. The Bertz CT molecular complexity index is 731. The van der Waals surface area contributed by atoms with Crippen LogP contribution < -0.4 is 5.32 Å². The van der Waals surface area contributed by atoms with Crippen molar-refractivity contribution in [2.75, 3.05) is 5.32 Å². The molecule has 0 saturated carbocycles. The summed E-state index contributed by atoms with van der Waals surface area (Å²) in [5.74, 6) is -0.216. The molecule has 0 spiro atoms. The molecule has 102 valence electrons. The van der Waals surface area contributed by atoms with Gasteiger partial charge in [-0.2, -0.15) is 0 Å². The molecule has 0 amide bonds. The standard InChI is InChI=1S/C16H15FN2S/c1-10-5-13(17)8-14(6-10)19-11(2)12-7-16-15(18-9-12)3-4-20-16/h3-9,11,19H,1-2H3. The molecule has 2 heterocycles. The Balaban J connectivity index is 1.86. The number of hydrogen-bond donors (Lipinski definition) is 1. The molecule has 20 heavy (non-hydrogen) atoms. The summed E-state index contributed by atoms with van der Waals surface area (Å²) in [6.07, 6.45) is 1.87. The van der Waals surface area contributed by atoms with Gasteiger partial charge in [0.1, 0.15) is 5.82 Å². The minimum atomic E-state index is -0.216. The van der Waals surface area contributed by atoms with Crippen LogP contribution in [0.3, 0.4) is 0 Å². The lowest BCUT2D eigenvalue weighted by molar-refractivity contribution is 0.626. The van der Waals surface area contributed by atoms with E-state index in [0.717, 1.165) is 22.3 Å². The van der Waals surface area contributed by atoms with Gasteiger partial charge in [-0.3, -0.25) is 4.98 Å². The van der Waals surface area contributed by atoms with Gasteiger partial charge in [0, 0.05) is 11.9 Å². The number of pyridine rings is 1. The molecular formula is C16H15FN2S. The number of aryl methyl sites for hydroxylation is 1. The highest BCUT2D eigenvalue weighted by Crippen LogP contribution is 2.25. The summed E-state index contributed by atoms with van der Waals surface area (Å²) in [4.78, 5) is 4.44. The van der Waals surface area contributed by atoms with Crippen LogP contribution in [0.5, 0.6) is 0 Å². The smallest absolute Gasteiger partial charge is 0.125 e. The number of rotatable bonds is 3. The van der Waals surface area contributed by atoms with E-state index in [9.17, 15) is 4.39 Å². The largest absolute Gasteiger partial charge is 0.378 e. The van der Waals surface area contributed by atoms with Crippen LogP contribution >= 0.6 is 11.3 Å². The zero-order valence-corrected chi connectivity index (χ0v) is 12.2. The van der Waals surface area contributed by atoms with Gasteiger partial charge < -0.3 is 5.32 Å². The van der Waals surface area contributed by atoms with Crippen molar-refractivity contribution in [2.24, 2.45) is 0 Å². The number of halogens is 1. The molecule has 0 aliphatic heterocycles. The highest BCUT2D eigenvalue weighted by molar-refractivity contribution is 7.17. The van der Waals surface area contributed by atoms with Crippen LogP contribution in [0, 0.1) is 12.7 Å². The minimum Gasteiger partial charge on any atom is -0.378 e. The van der Waals surface area contributed by atoms with Crippen molar-refractivity contribution >= 4 is 27.2 Å². The number of thiophene rings is 1. The Labute approximate surface area is 121 Å². The van der Waals surface area contributed by atoms with Crippen LogP contribution in [-0.4, -0.2) is 4.98 Å². The van der Waals surface area contributed by atoms with Crippen LogP contribution in [0.4, 0.5) is 10.1 Å².